The Labute approximate surface area is 220 Å². The fraction of sp³-hybridized carbons (Fsp3) is 0.867. The fourth-order valence-electron chi connectivity index (χ4n) is 10.9. The molecule has 37 heavy (non-hydrogen) atoms. The summed E-state index contributed by atoms with van der Waals surface area (Å²) in [4.78, 5) is 25.4. The lowest BCUT2D eigenvalue weighted by Crippen LogP contribution is -2.70. The molecule has 5 aliphatic rings. The minimum absolute atomic E-state index is 0.0155. The van der Waals surface area contributed by atoms with Crippen LogP contribution in [0.2, 0.25) is 0 Å². The van der Waals surface area contributed by atoms with Crippen LogP contribution in [-0.2, 0) is 9.59 Å². The summed E-state index contributed by atoms with van der Waals surface area (Å²) in [5, 5.41) is 54.5. The van der Waals surface area contributed by atoms with Gasteiger partial charge in [0.15, 0.2) is 0 Å². The minimum atomic E-state index is -1.44. The van der Waals surface area contributed by atoms with Gasteiger partial charge in [0.25, 0.3) is 0 Å². The Bertz CT molecular complexity index is 1050. The van der Waals surface area contributed by atoms with Crippen LogP contribution < -0.4 is 0 Å². The molecule has 12 atom stereocenters. The third kappa shape index (κ3) is 3.00. The van der Waals surface area contributed by atoms with Crippen LogP contribution in [0.5, 0.6) is 0 Å². The van der Waals surface area contributed by atoms with Gasteiger partial charge in [0.2, 0.25) is 0 Å². The van der Waals surface area contributed by atoms with E-state index in [-0.39, 0.29) is 28.6 Å². The van der Waals surface area contributed by atoms with E-state index in [0.29, 0.717) is 44.9 Å². The van der Waals surface area contributed by atoms with Crippen LogP contribution >= 0.6 is 0 Å². The maximum Gasteiger partial charge on any atom is 0.312 e. The molecule has 0 amide bonds. The number of aliphatic hydroxyl groups is 3. The number of allylic oxidation sites excluding steroid dienone is 1. The van der Waals surface area contributed by atoms with Gasteiger partial charge in [0.05, 0.1) is 28.6 Å². The maximum atomic E-state index is 12.8. The van der Waals surface area contributed by atoms with Crippen molar-refractivity contribution in [1.29, 1.82) is 0 Å². The zero-order valence-corrected chi connectivity index (χ0v) is 23.3. The quantitative estimate of drug-likeness (QED) is 0.345. The van der Waals surface area contributed by atoms with Crippen LogP contribution in [0.1, 0.15) is 92.9 Å². The largest absolute Gasteiger partial charge is 0.481 e. The van der Waals surface area contributed by atoms with E-state index in [2.05, 4.69) is 26.8 Å². The van der Waals surface area contributed by atoms with Crippen molar-refractivity contribution >= 4 is 11.9 Å². The summed E-state index contributed by atoms with van der Waals surface area (Å²) in [5.74, 6) is -2.57. The Morgan fingerprint density at radius 3 is 2.14 bits per heavy atom. The number of hydrogen-bond donors (Lipinski definition) is 5. The maximum absolute atomic E-state index is 12.8. The Morgan fingerprint density at radius 1 is 0.892 bits per heavy atom. The number of fused-ring (bicyclic) bond motifs is 7. The fourth-order valence-corrected chi connectivity index (χ4v) is 10.9. The summed E-state index contributed by atoms with van der Waals surface area (Å²) in [5.41, 5.74) is -3.59. The van der Waals surface area contributed by atoms with Crippen molar-refractivity contribution in [2.24, 2.45) is 50.7 Å². The first-order valence-electron chi connectivity index (χ1n) is 14.2. The number of carboxylic acid groups (broad SMARTS) is 2. The normalized spacial score (nSPS) is 57.2. The summed E-state index contributed by atoms with van der Waals surface area (Å²) < 4.78 is 0. The van der Waals surface area contributed by atoms with Crippen molar-refractivity contribution in [3.05, 3.63) is 11.6 Å². The summed E-state index contributed by atoms with van der Waals surface area (Å²) in [6.45, 7) is 12.1. The van der Waals surface area contributed by atoms with E-state index in [1.807, 2.05) is 13.8 Å². The Hall–Kier alpha value is -1.44. The van der Waals surface area contributed by atoms with E-state index in [0.717, 1.165) is 12.0 Å². The van der Waals surface area contributed by atoms with Gasteiger partial charge in [-0.2, -0.15) is 0 Å². The number of rotatable bonds is 2. The molecule has 0 spiro atoms. The van der Waals surface area contributed by atoms with Gasteiger partial charge in [0, 0.05) is 5.92 Å². The van der Waals surface area contributed by atoms with Gasteiger partial charge in [-0.15, -0.1) is 0 Å². The third-order valence-electron chi connectivity index (χ3n) is 13.6. The van der Waals surface area contributed by atoms with Crippen LogP contribution in [0.3, 0.4) is 0 Å². The number of aliphatic carboxylic acids is 2. The molecule has 7 heteroatoms. The smallest absolute Gasteiger partial charge is 0.312 e. The van der Waals surface area contributed by atoms with Crippen molar-refractivity contribution in [1.82, 2.24) is 0 Å². The van der Waals surface area contributed by atoms with Crippen molar-refractivity contribution < 1.29 is 35.1 Å². The van der Waals surface area contributed by atoms with E-state index < -0.39 is 51.9 Å². The van der Waals surface area contributed by atoms with E-state index in [9.17, 15) is 35.1 Å². The molecule has 4 fully saturated rings. The van der Waals surface area contributed by atoms with Gasteiger partial charge < -0.3 is 25.5 Å². The van der Waals surface area contributed by atoms with Gasteiger partial charge >= 0.3 is 11.9 Å². The molecule has 0 aromatic heterocycles. The molecule has 0 heterocycles. The molecule has 4 saturated carbocycles. The summed E-state index contributed by atoms with van der Waals surface area (Å²) in [7, 11) is 0. The number of aliphatic hydroxyl groups excluding tert-OH is 2. The lowest BCUT2D eigenvalue weighted by atomic mass is 9.33. The molecular formula is C30H46O7. The number of hydrogen-bond acceptors (Lipinski definition) is 5. The second kappa shape index (κ2) is 7.82. The zero-order valence-electron chi connectivity index (χ0n) is 23.3. The number of carboxylic acids is 2. The second-order valence-electron chi connectivity index (χ2n) is 14.7. The first-order valence-corrected chi connectivity index (χ1v) is 14.2. The third-order valence-corrected chi connectivity index (χ3v) is 13.6. The molecule has 0 bridgehead atoms. The molecule has 0 aliphatic heterocycles. The molecule has 208 valence electrons. The van der Waals surface area contributed by atoms with Crippen LogP contribution in [0.25, 0.3) is 0 Å². The van der Waals surface area contributed by atoms with Gasteiger partial charge in [-0.25, -0.2) is 0 Å². The average Bonchev–Trinajstić information content (AvgIpc) is 2.80. The molecule has 0 aromatic carbocycles. The average molecular weight is 519 g/mol. The van der Waals surface area contributed by atoms with Crippen LogP contribution in [0, 0.1) is 50.7 Å². The Balaban J connectivity index is 1.66. The minimum Gasteiger partial charge on any atom is -0.481 e. The standard InChI is InChI=1S/C30H46O7/c1-16-9-12-30(24(35)36)14-13-26(3)17(21(30)29(16,6)37)7-8-19-25(2)15-18(31)22(32)28(5,23(33)34)20(25)10-11-27(19,26)4/h7,16,18-22,31-32,37H,8-15H2,1-6H3,(H,33,34)(H,35,36)/t16-,18-,19-,20-,21-,22-,25-,26-,27-,28-,29-,30+/m1/s1. The predicted molar refractivity (Wildman–Crippen MR) is 137 cm³/mol. The molecule has 0 radical (unpaired) electrons. The summed E-state index contributed by atoms with van der Waals surface area (Å²) in [6, 6.07) is 0. The van der Waals surface area contributed by atoms with Crippen molar-refractivity contribution in [3.63, 3.8) is 0 Å². The Morgan fingerprint density at radius 2 is 1.54 bits per heavy atom. The first kappa shape index (κ1) is 27.1. The summed E-state index contributed by atoms with van der Waals surface area (Å²) >= 11 is 0. The topological polar surface area (TPSA) is 135 Å². The molecule has 0 saturated heterocycles. The van der Waals surface area contributed by atoms with E-state index in [4.69, 9.17) is 0 Å². The lowest BCUT2D eigenvalue weighted by Gasteiger charge is -2.71. The molecule has 5 rings (SSSR count). The second-order valence-corrected chi connectivity index (χ2v) is 14.7. The Kier molecular flexibility index (Phi) is 5.73. The van der Waals surface area contributed by atoms with E-state index in [1.165, 1.54) is 0 Å². The monoisotopic (exact) mass is 518 g/mol. The van der Waals surface area contributed by atoms with Crippen LogP contribution in [-0.4, -0.2) is 55.3 Å². The molecule has 0 aromatic rings. The molecule has 0 unspecified atom stereocenters. The zero-order chi connectivity index (χ0) is 27.6. The van der Waals surface area contributed by atoms with Gasteiger partial charge in [-0.3, -0.25) is 9.59 Å². The molecule has 5 aliphatic carbocycles. The number of carbonyl (C=O) groups is 2. The summed E-state index contributed by atoms with van der Waals surface area (Å²) in [6.07, 6.45) is 4.64. The van der Waals surface area contributed by atoms with Gasteiger partial charge in [-0.1, -0.05) is 39.3 Å². The highest BCUT2D eigenvalue weighted by atomic mass is 16.4. The first-order chi connectivity index (χ1) is 16.9. The van der Waals surface area contributed by atoms with E-state index >= 15 is 0 Å². The van der Waals surface area contributed by atoms with Crippen molar-refractivity contribution in [3.8, 4) is 0 Å². The van der Waals surface area contributed by atoms with Crippen molar-refractivity contribution in [2.75, 3.05) is 0 Å². The van der Waals surface area contributed by atoms with E-state index in [1.54, 1.807) is 6.92 Å². The molecule has 7 nitrogen and oxygen atoms in total. The predicted octanol–water partition coefficient (Wildman–Crippen LogP) is 4.24. The lowest BCUT2D eigenvalue weighted by molar-refractivity contribution is -0.243. The molecular weight excluding hydrogens is 472 g/mol. The SMILES string of the molecule is C[C@@H]1CC[C@]2(C(=O)O)CC[C@]3(C)C(=CC[C@@H]4[C@@]5(C)C[C@@H](O)[C@@H](O)[C@](C)(C(=O)O)[C@@H]5CC[C@]43C)[C@@H]2[C@]1(C)O. The van der Waals surface area contributed by atoms with Crippen LogP contribution in [0.4, 0.5) is 0 Å². The van der Waals surface area contributed by atoms with Gasteiger partial charge in [0.1, 0.15) is 0 Å². The highest BCUT2D eigenvalue weighted by Crippen LogP contribution is 2.76. The highest BCUT2D eigenvalue weighted by molar-refractivity contribution is 5.77. The highest BCUT2D eigenvalue weighted by Gasteiger charge is 2.73. The van der Waals surface area contributed by atoms with Crippen LogP contribution in [0.15, 0.2) is 11.6 Å². The van der Waals surface area contributed by atoms with Gasteiger partial charge in [-0.05, 0) is 99.2 Å². The molecule has 5 N–H and O–H groups in total. The van der Waals surface area contributed by atoms with Crippen molar-refractivity contribution in [2.45, 2.75) is 111 Å².